The maximum Gasteiger partial charge on any atom is 0.274 e. The quantitative estimate of drug-likeness (QED) is 0.183. The van der Waals surface area contributed by atoms with Crippen LogP contribution >= 0.6 is 11.9 Å². The summed E-state index contributed by atoms with van der Waals surface area (Å²) in [4.78, 5) is 44.7. The van der Waals surface area contributed by atoms with Gasteiger partial charge in [0.2, 0.25) is 0 Å². The van der Waals surface area contributed by atoms with Crippen molar-refractivity contribution in [2.75, 3.05) is 23.6 Å². The molecule has 10 heteroatoms. The maximum atomic E-state index is 14.4. The van der Waals surface area contributed by atoms with E-state index in [2.05, 4.69) is 32.4 Å². The number of rotatable bonds is 13. The number of nitrogens with one attached hydrogen (secondary N) is 1. The van der Waals surface area contributed by atoms with Gasteiger partial charge < -0.3 is 19.6 Å². The number of unbranched alkanes of at least 4 members (excludes halogenated alkanes) is 2. The van der Waals surface area contributed by atoms with E-state index in [0.29, 0.717) is 60.3 Å². The lowest BCUT2D eigenvalue weighted by Gasteiger charge is -2.36. The van der Waals surface area contributed by atoms with Crippen molar-refractivity contribution in [3.63, 3.8) is 0 Å². The first-order chi connectivity index (χ1) is 23.5. The average molecular weight is 686 g/mol. The molecule has 2 bridgehead atoms. The van der Waals surface area contributed by atoms with Crippen molar-refractivity contribution >= 4 is 35.2 Å². The number of hydrogen-bond donors (Lipinski definition) is 2. The van der Waals surface area contributed by atoms with Crippen molar-refractivity contribution in [2.45, 2.75) is 98.8 Å². The number of aliphatic hydroxyl groups excluding tert-OH is 1. The van der Waals surface area contributed by atoms with Crippen molar-refractivity contribution in [1.82, 2.24) is 19.6 Å². The van der Waals surface area contributed by atoms with E-state index in [1.165, 1.54) is 16.8 Å². The van der Waals surface area contributed by atoms with Crippen molar-refractivity contribution in [3.05, 3.63) is 76.6 Å². The van der Waals surface area contributed by atoms with Crippen LogP contribution in [0.1, 0.15) is 110 Å². The molecule has 2 amide bonds. The molecule has 2 aliphatic carbocycles. The van der Waals surface area contributed by atoms with E-state index in [1.54, 1.807) is 10.7 Å². The summed E-state index contributed by atoms with van der Waals surface area (Å²) in [5, 5.41) is 16.0. The minimum atomic E-state index is -0.979. The lowest BCUT2D eigenvalue weighted by atomic mass is 9.70. The van der Waals surface area contributed by atoms with Crippen LogP contribution in [-0.2, 0) is 17.8 Å². The maximum absolute atomic E-state index is 14.4. The van der Waals surface area contributed by atoms with Crippen LogP contribution in [0.4, 0.5) is 5.69 Å². The highest BCUT2D eigenvalue weighted by Gasteiger charge is 2.63. The summed E-state index contributed by atoms with van der Waals surface area (Å²) in [6, 6.07) is 15.3. The first kappa shape index (κ1) is 35.2. The number of aliphatic hydroxyl groups is 1. The van der Waals surface area contributed by atoms with Gasteiger partial charge in [0.15, 0.2) is 5.69 Å². The van der Waals surface area contributed by atoms with E-state index in [9.17, 15) is 19.5 Å². The summed E-state index contributed by atoms with van der Waals surface area (Å²) < 4.78 is 5.12. The molecule has 1 aromatic heterocycles. The van der Waals surface area contributed by atoms with Gasteiger partial charge in [0.25, 0.3) is 11.8 Å². The molecule has 2 saturated carbocycles. The summed E-state index contributed by atoms with van der Waals surface area (Å²) in [5.74, 6) is 1.07. The number of benzene rings is 2. The fourth-order valence-corrected chi connectivity index (χ4v) is 9.46. The highest BCUT2D eigenvalue weighted by Crippen LogP contribution is 2.64. The second-order valence-electron chi connectivity index (χ2n) is 14.8. The standard InChI is InChI=1S/C39H51N5O4S/c1-6-8-18-42(19-9-7-2)37(48)32-20-26(3)44(40-32)33-15-14-30(41-49-25-39-17-16-29(22-34(39)45)38(39,4)5)23-31(33)36(47)43-24-28-13-11-10-12-27(28)21-35(43)46/h10-15,20,23,29,35,41,46H,6-9,16-19,21-22,24-25H2,1-5H3. The number of fused-ring (bicyclic) bond motifs is 3. The minimum absolute atomic E-state index is 0.0279. The fourth-order valence-electron chi connectivity index (χ4n) is 8.17. The van der Waals surface area contributed by atoms with Gasteiger partial charge in [-0.1, -0.05) is 76.7 Å². The number of carbonyl (C=O) groups excluding carboxylic acids is 3. The normalized spacial score (nSPS) is 22.3. The highest BCUT2D eigenvalue weighted by molar-refractivity contribution is 8.00. The minimum Gasteiger partial charge on any atom is -0.373 e. The van der Waals surface area contributed by atoms with Crippen molar-refractivity contribution in [2.24, 2.45) is 16.7 Å². The van der Waals surface area contributed by atoms with Gasteiger partial charge in [0.1, 0.15) is 12.0 Å². The SMILES string of the molecule is CCCCN(CCCC)C(=O)c1cc(C)n(-c2ccc(NSCC34CCC(CC3=O)C4(C)C)cc2C(=O)N2Cc3ccccc3CC2O)n1. The van der Waals surface area contributed by atoms with Crippen LogP contribution in [0.15, 0.2) is 48.5 Å². The Hall–Kier alpha value is -3.63. The van der Waals surface area contributed by atoms with E-state index in [1.807, 2.05) is 54.3 Å². The Labute approximate surface area is 295 Å². The van der Waals surface area contributed by atoms with Crippen LogP contribution in [0.5, 0.6) is 0 Å². The summed E-state index contributed by atoms with van der Waals surface area (Å²) in [6.07, 6.45) is 5.90. The zero-order chi connectivity index (χ0) is 34.9. The van der Waals surface area contributed by atoms with Crippen LogP contribution in [0.25, 0.3) is 5.69 Å². The molecule has 3 aromatic rings. The Morgan fingerprint density at radius 2 is 1.76 bits per heavy atom. The molecule has 2 fully saturated rings. The molecule has 262 valence electrons. The Balaban J connectivity index is 1.31. The third-order valence-corrected chi connectivity index (χ3v) is 12.6. The smallest absolute Gasteiger partial charge is 0.274 e. The summed E-state index contributed by atoms with van der Waals surface area (Å²) >= 11 is 1.52. The Bertz CT molecular complexity index is 1710. The molecule has 3 unspecified atom stereocenters. The van der Waals surface area contributed by atoms with E-state index < -0.39 is 6.23 Å². The van der Waals surface area contributed by atoms with E-state index in [4.69, 9.17) is 5.10 Å². The van der Waals surface area contributed by atoms with E-state index >= 15 is 0 Å². The molecule has 1 aliphatic heterocycles. The van der Waals surface area contributed by atoms with Gasteiger partial charge in [-0.3, -0.25) is 14.4 Å². The summed E-state index contributed by atoms with van der Waals surface area (Å²) in [5.41, 5.74) is 4.41. The summed E-state index contributed by atoms with van der Waals surface area (Å²) in [7, 11) is 0. The fraction of sp³-hybridized carbons (Fsp3) is 0.538. The molecule has 0 saturated heterocycles. The number of ketones is 1. The zero-order valence-corrected chi connectivity index (χ0v) is 30.4. The van der Waals surface area contributed by atoms with E-state index in [0.717, 1.165) is 61.0 Å². The number of aromatic nitrogens is 2. The molecular formula is C39H51N5O4S. The van der Waals surface area contributed by atoms with Crippen LogP contribution in [0.2, 0.25) is 0 Å². The lowest BCUT2D eigenvalue weighted by Crippen LogP contribution is -2.44. The van der Waals surface area contributed by atoms with Gasteiger partial charge in [-0.15, -0.1) is 0 Å². The summed E-state index contributed by atoms with van der Waals surface area (Å²) in [6.45, 7) is 12.3. The van der Waals surface area contributed by atoms with Gasteiger partial charge >= 0.3 is 0 Å². The number of aryl methyl sites for hydroxylation is 1. The van der Waals surface area contributed by atoms with Crippen LogP contribution in [0, 0.1) is 23.7 Å². The number of nitrogens with zero attached hydrogens (tertiary/aromatic N) is 4. The van der Waals surface area contributed by atoms with Crippen LogP contribution < -0.4 is 4.72 Å². The predicted molar refractivity (Wildman–Crippen MR) is 195 cm³/mol. The second-order valence-corrected chi connectivity index (χ2v) is 15.5. The molecule has 6 rings (SSSR count). The molecule has 2 N–H and O–H groups in total. The molecular weight excluding hydrogens is 635 g/mol. The number of amides is 2. The lowest BCUT2D eigenvalue weighted by molar-refractivity contribution is -0.127. The Morgan fingerprint density at radius 3 is 2.41 bits per heavy atom. The van der Waals surface area contributed by atoms with Crippen molar-refractivity contribution < 1.29 is 19.5 Å². The third kappa shape index (κ3) is 6.54. The molecule has 2 heterocycles. The number of Topliss-reactive ketones (excluding diaryl/α,β-unsaturated/α-hetero) is 1. The van der Waals surface area contributed by atoms with Gasteiger partial charge in [0, 0.05) is 55.0 Å². The zero-order valence-electron chi connectivity index (χ0n) is 29.6. The van der Waals surface area contributed by atoms with Crippen molar-refractivity contribution in [1.29, 1.82) is 0 Å². The first-order valence-corrected chi connectivity index (χ1v) is 19.0. The highest BCUT2D eigenvalue weighted by atomic mass is 32.2. The Kier molecular flexibility index (Phi) is 10.3. The van der Waals surface area contributed by atoms with Gasteiger partial charge in [-0.05, 0) is 79.3 Å². The number of hydrogen-bond acceptors (Lipinski definition) is 7. The third-order valence-electron chi connectivity index (χ3n) is 11.5. The van der Waals surface area contributed by atoms with E-state index in [-0.39, 0.29) is 29.2 Å². The Morgan fingerprint density at radius 1 is 1.04 bits per heavy atom. The molecule has 2 aromatic carbocycles. The van der Waals surface area contributed by atoms with Crippen LogP contribution in [-0.4, -0.2) is 67.4 Å². The number of carbonyl (C=O) groups is 3. The number of anilines is 1. The average Bonchev–Trinajstić information content (AvgIpc) is 3.66. The van der Waals surface area contributed by atoms with Gasteiger partial charge in [-0.25, -0.2) is 4.68 Å². The molecule has 0 spiro atoms. The molecule has 3 atom stereocenters. The molecule has 0 radical (unpaired) electrons. The largest absolute Gasteiger partial charge is 0.373 e. The molecule has 49 heavy (non-hydrogen) atoms. The van der Waals surface area contributed by atoms with Crippen molar-refractivity contribution in [3.8, 4) is 5.69 Å². The van der Waals surface area contributed by atoms with Gasteiger partial charge in [0.05, 0.1) is 11.3 Å². The monoisotopic (exact) mass is 685 g/mol. The van der Waals surface area contributed by atoms with Crippen LogP contribution in [0.3, 0.4) is 0 Å². The van der Waals surface area contributed by atoms with Gasteiger partial charge in [-0.2, -0.15) is 5.10 Å². The second kappa shape index (κ2) is 14.3. The topological polar surface area (TPSA) is 108 Å². The molecule has 3 aliphatic rings. The molecule has 9 nitrogen and oxygen atoms in total. The predicted octanol–water partition coefficient (Wildman–Crippen LogP) is 7.20. The first-order valence-electron chi connectivity index (χ1n) is 18.0.